The molecule has 0 saturated heterocycles. The van der Waals surface area contributed by atoms with E-state index in [1.165, 1.54) is 0 Å². The van der Waals surface area contributed by atoms with Crippen molar-refractivity contribution in [1.29, 1.82) is 0 Å². The highest BCUT2D eigenvalue weighted by atomic mass is 19.3. The average molecular weight is 270 g/mol. The molecule has 104 valence electrons. The second-order valence-electron chi connectivity index (χ2n) is 5.08. The molecule has 4 nitrogen and oxygen atoms in total. The van der Waals surface area contributed by atoms with Crippen molar-refractivity contribution >= 4 is 5.97 Å². The van der Waals surface area contributed by atoms with E-state index in [-0.39, 0.29) is 24.3 Å². The zero-order valence-electron chi connectivity index (χ0n) is 10.9. The maximum atomic E-state index is 13.4. The number of aryl methyl sites for hydroxylation is 2. The minimum atomic E-state index is -2.67. The molecule has 0 radical (unpaired) electrons. The summed E-state index contributed by atoms with van der Waals surface area (Å²) in [5, 5.41) is 9.03. The summed E-state index contributed by atoms with van der Waals surface area (Å²) in [6, 6.07) is 0. The van der Waals surface area contributed by atoms with Crippen molar-refractivity contribution in [2.75, 3.05) is 0 Å². The van der Waals surface area contributed by atoms with E-state index in [1.54, 1.807) is 13.8 Å². The maximum absolute atomic E-state index is 13.4. The van der Waals surface area contributed by atoms with Gasteiger partial charge in [0, 0.05) is 18.8 Å². The minimum absolute atomic E-state index is 0.0614. The van der Waals surface area contributed by atoms with E-state index >= 15 is 0 Å². The van der Waals surface area contributed by atoms with Crippen molar-refractivity contribution in [3.05, 3.63) is 22.8 Å². The highest BCUT2D eigenvalue weighted by Crippen LogP contribution is 2.40. The van der Waals surface area contributed by atoms with Crippen molar-refractivity contribution in [2.45, 2.75) is 51.4 Å². The Hall–Kier alpha value is -1.59. The van der Waals surface area contributed by atoms with Gasteiger partial charge in [0.1, 0.15) is 11.4 Å². The van der Waals surface area contributed by atoms with Gasteiger partial charge in [-0.05, 0) is 26.7 Å². The van der Waals surface area contributed by atoms with Gasteiger partial charge in [0.15, 0.2) is 0 Å². The molecule has 1 aliphatic rings. The smallest absolute Gasteiger partial charge is 0.339 e. The first kappa shape index (κ1) is 13.8. The molecule has 1 unspecified atom stereocenters. The van der Waals surface area contributed by atoms with Gasteiger partial charge in [0.05, 0.1) is 11.4 Å². The van der Waals surface area contributed by atoms with E-state index in [2.05, 4.69) is 9.97 Å². The third-order valence-corrected chi connectivity index (χ3v) is 3.51. The van der Waals surface area contributed by atoms with Crippen LogP contribution in [0.1, 0.15) is 59.2 Å². The van der Waals surface area contributed by atoms with E-state index in [1.807, 2.05) is 0 Å². The molecule has 1 aromatic heterocycles. The molecule has 1 aliphatic carbocycles. The second kappa shape index (κ2) is 4.83. The average Bonchev–Trinajstić information content (AvgIpc) is 2.25. The number of carbonyl (C=O) groups is 1. The summed E-state index contributed by atoms with van der Waals surface area (Å²) < 4.78 is 26.8. The van der Waals surface area contributed by atoms with Gasteiger partial charge in [-0.25, -0.2) is 23.5 Å². The summed E-state index contributed by atoms with van der Waals surface area (Å²) in [6.07, 6.45) is 0.730. The first-order valence-corrected chi connectivity index (χ1v) is 6.26. The number of hydrogen-bond acceptors (Lipinski definition) is 3. The van der Waals surface area contributed by atoms with E-state index in [9.17, 15) is 13.6 Å². The third kappa shape index (κ3) is 2.88. The second-order valence-corrected chi connectivity index (χ2v) is 5.08. The molecule has 1 fully saturated rings. The Labute approximate surface area is 109 Å². The highest BCUT2D eigenvalue weighted by Gasteiger charge is 2.38. The van der Waals surface area contributed by atoms with Crippen LogP contribution in [0.3, 0.4) is 0 Å². The summed E-state index contributed by atoms with van der Waals surface area (Å²) in [4.78, 5) is 19.3. The van der Waals surface area contributed by atoms with Gasteiger partial charge in [-0.2, -0.15) is 0 Å². The van der Waals surface area contributed by atoms with Crippen molar-refractivity contribution in [3.8, 4) is 0 Å². The lowest BCUT2D eigenvalue weighted by atomic mass is 9.86. The predicted octanol–water partition coefficient (Wildman–Crippen LogP) is 3.08. The van der Waals surface area contributed by atoms with Crippen LogP contribution >= 0.6 is 0 Å². The number of hydrogen-bond donors (Lipinski definition) is 1. The Balaban J connectivity index is 2.34. The molecule has 19 heavy (non-hydrogen) atoms. The largest absolute Gasteiger partial charge is 0.478 e. The monoisotopic (exact) mass is 270 g/mol. The van der Waals surface area contributed by atoms with Crippen LogP contribution in [0.2, 0.25) is 0 Å². The number of aromatic carboxylic acids is 1. The highest BCUT2D eigenvalue weighted by molar-refractivity contribution is 5.89. The number of halogens is 2. The van der Waals surface area contributed by atoms with Gasteiger partial charge >= 0.3 is 5.97 Å². The van der Waals surface area contributed by atoms with Crippen LogP contribution in [0.4, 0.5) is 8.78 Å². The fourth-order valence-electron chi connectivity index (χ4n) is 2.63. The summed E-state index contributed by atoms with van der Waals surface area (Å²) in [5.74, 6) is -3.79. The summed E-state index contributed by atoms with van der Waals surface area (Å²) in [5.41, 5.74) is 0.735. The van der Waals surface area contributed by atoms with Crippen molar-refractivity contribution in [3.63, 3.8) is 0 Å². The standard InChI is InChI=1S/C13H16F2N2O2/c1-7-10(12(18)19)8(2)17-11(16-7)9-4-3-5-13(14,15)6-9/h9H,3-6H2,1-2H3,(H,18,19). The van der Waals surface area contributed by atoms with Crippen molar-refractivity contribution in [2.24, 2.45) is 0 Å². The van der Waals surface area contributed by atoms with E-state index in [0.717, 1.165) is 0 Å². The van der Waals surface area contributed by atoms with Crippen LogP contribution < -0.4 is 0 Å². The summed E-state index contributed by atoms with van der Waals surface area (Å²) in [7, 11) is 0. The molecule has 1 aromatic rings. The first-order chi connectivity index (χ1) is 8.80. The van der Waals surface area contributed by atoms with Gasteiger partial charge in [0.25, 0.3) is 0 Å². The number of rotatable bonds is 2. The molecule has 1 atom stereocenters. The molecule has 6 heteroatoms. The zero-order valence-corrected chi connectivity index (χ0v) is 10.9. The Kier molecular flexibility index (Phi) is 3.52. The van der Waals surface area contributed by atoms with Gasteiger partial charge in [-0.3, -0.25) is 0 Å². The molecule has 1 N–H and O–H groups in total. The third-order valence-electron chi connectivity index (χ3n) is 3.51. The van der Waals surface area contributed by atoms with Gasteiger partial charge in [0.2, 0.25) is 5.92 Å². The lowest BCUT2D eigenvalue weighted by molar-refractivity contribution is -0.0417. The number of carboxylic acid groups (broad SMARTS) is 1. The van der Waals surface area contributed by atoms with Crippen molar-refractivity contribution < 1.29 is 18.7 Å². The van der Waals surface area contributed by atoms with Crippen LogP contribution in [0, 0.1) is 13.8 Å². The predicted molar refractivity (Wildman–Crippen MR) is 64.6 cm³/mol. The Morgan fingerprint density at radius 2 is 1.89 bits per heavy atom. The number of alkyl halides is 2. The molecule has 2 rings (SSSR count). The van der Waals surface area contributed by atoms with Crippen molar-refractivity contribution in [1.82, 2.24) is 9.97 Å². The Bertz CT molecular complexity index is 494. The van der Waals surface area contributed by atoms with Crippen LogP contribution in [0.25, 0.3) is 0 Å². The number of carboxylic acids is 1. The summed E-state index contributed by atoms with van der Waals surface area (Å²) >= 11 is 0. The Morgan fingerprint density at radius 1 is 1.32 bits per heavy atom. The molecule has 1 heterocycles. The lowest BCUT2D eigenvalue weighted by Gasteiger charge is -2.28. The lowest BCUT2D eigenvalue weighted by Crippen LogP contribution is -2.26. The fourth-order valence-corrected chi connectivity index (χ4v) is 2.63. The van der Waals surface area contributed by atoms with Crippen LogP contribution in [-0.4, -0.2) is 27.0 Å². The van der Waals surface area contributed by atoms with Crippen LogP contribution in [0.5, 0.6) is 0 Å². The number of aromatic nitrogens is 2. The Morgan fingerprint density at radius 3 is 2.37 bits per heavy atom. The molecular formula is C13H16F2N2O2. The van der Waals surface area contributed by atoms with E-state index < -0.39 is 11.9 Å². The number of nitrogens with zero attached hydrogens (tertiary/aromatic N) is 2. The molecule has 0 bridgehead atoms. The van der Waals surface area contributed by atoms with Gasteiger partial charge in [-0.1, -0.05) is 0 Å². The topological polar surface area (TPSA) is 63.1 Å². The van der Waals surface area contributed by atoms with Gasteiger partial charge in [-0.15, -0.1) is 0 Å². The molecule has 0 amide bonds. The molecule has 0 aromatic carbocycles. The fraction of sp³-hybridized carbons (Fsp3) is 0.615. The molecule has 1 saturated carbocycles. The van der Waals surface area contributed by atoms with Crippen LogP contribution in [0.15, 0.2) is 0 Å². The van der Waals surface area contributed by atoms with E-state index in [0.29, 0.717) is 30.1 Å². The summed E-state index contributed by atoms with van der Waals surface area (Å²) in [6.45, 7) is 3.14. The SMILES string of the molecule is Cc1nc(C2CCCC(F)(F)C2)nc(C)c1C(=O)O. The van der Waals surface area contributed by atoms with Crippen LogP contribution in [-0.2, 0) is 0 Å². The zero-order chi connectivity index (χ0) is 14.2. The molecular weight excluding hydrogens is 254 g/mol. The quantitative estimate of drug-likeness (QED) is 0.897. The maximum Gasteiger partial charge on any atom is 0.339 e. The first-order valence-electron chi connectivity index (χ1n) is 6.26. The minimum Gasteiger partial charge on any atom is -0.478 e. The molecule has 0 aliphatic heterocycles. The normalized spacial score (nSPS) is 22.2. The van der Waals surface area contributed by atoms with Gasteiger partial charge < -0.3 is 5.11 Å². The molecule has 0 spiro atoms. The van der Waals surface area contributed by atoms with E-state index in [4.69, 9.17) is 5.11 Å².